The Hall–Kier alpha value is -1.21. The van der Waals surface area contributed by atoms with Crippen molar-refractivity contribution in [3.05, 3.63) is 49.2 Å². The largest absolute Gasteiger partial charge is 0.326 e. The van der Waals surface area contributed by atoms with Gasteiger partial charge in [0.05, 0.1) is 4.88 Å². The van der Waals surface area contributed by atoms with Gasteiger partial charge in [-0.2, -0.15) is 0 Å². The molecule has 0 unspecified atom stereocenters. The van der Waals surface area contributed by atoms with Gasteiger partial charge in [0.1, 0.15) is 0 Å². The summed E-state index contributed by atoms with van der Waals surface area (Å²) in [4.78, 5) is 25.7. The number of benzene rings is 1. The van der Waals surface area contributed by atoms with Gasteiger partial charge in [-0.1, -0.05) is 6.07 Å². The third-order valence-electron chi connectivity index (χ3n) is 3.05. The second kappa shape index (κ2) is 7.17. The van der Waals surface area contributed by atoms with Crippen LogP contribution in [0.4, 0.5) is 5.69 Å². The molecule has 0 aliphatic carbocycles. The molecule has 5 heteroatoms. The zero-order chi connectivity index (χ0) is 15.4. The lowest BCUT2D eigenvalue weighted by Gasteiger charge is -2.06. The van der Waals surface area contributed by atoms with E-state index >= 15 is 0 Å². The van der Waals surface area contributed by atoms with E-state index in [4.69, 9.17) is 0 Å². The predicted molar refractivity (Wildman–Crippen MR) is 95.1 cm³/mol. The minimum absolute atomic E-state index is 0.0294. The summed E-state index contributed by atoms with van der Waals surface area (Å²) in [7, 11) is 0. The first-order valence-electron chi connectivity index (χ1n) is 6.61. The van der Waals surface area contributed by atoms with Crippen molar-refractivity contribution >= 4 is 51.3 Å². The normalized spacial score (nSPS) is 10.4. The van der Waals surface area contributed by atoms with Crippen molar-refractivity contribution in [1.29, 1.82) is 0 Å². The molecule has 0 atom stereocenters. The number of hydrogen-bond acceptors (Lipinski definition) is 3. The fraction of sp³-hybridized carbons (Fsp3) is 0.250. The number of carbonyl (C=O) groups is 2. The first-order valence-corrected chi connectivity index (χ1v) is 8.51. The summed E-state index contributed by atoms with van der Waals surface area (Å²) in [6.07, 6.45) is 0.453. The van der Waals surface area contributed by atoms with Crippen LogP contribution in [0.15, 0.2) is 30.3 Å². The Kier molecular flexibility index (Phi) is 5.52. The van der Waals surface area contributed by atoms with E-state index in [2.05, 4.69) is 27.9 Å². The van der Waals surface area contributed by atoms with Crippen molar-refractivity contribution in [2.75, 3.05) is 5.32 Å². The van der Waals surface area contributed by atoms with E-state index in [1.165, 1.54) is 16.9 Å². The Labute approximate surface area is 141 Å². The molecule has 0 saturated carbocycles. The highest BCUT2D eigenvalue weighted by atomic mass is 127. The Morgan fingerprint density at radius 3 is 2.52 bits per heavy atom. The van der Waals surface area contributed by atoms with E-state index < -0.39 is 0 Å². The van der Waals surface area contributed by atoms with Crippen molar-refractivity contribution in [1.82, 2.24) is 0 Å². The Balaban J connectivity index is 1.87. The van der Waals surface area contributed by atoms with Gasteiger partial charge in [0.15, 0.2) is 5.78 Å². The van der Waals surface area contributed by atoms with E-state index in [9.17, 15) is 9.59 Å². The summed E-state index contributed by atoms with van der Waals surface area (Å²) in [5.41, 5.74) is 1.95. The topological polar surface area (TPSA) is 46.2 Å². The SMILES string of the molecule is Cc1ccc(C(=O)CCC(=O)Nc2ccc(C)c(I)c2)s1. The van der Waals surface area contributed by atoms with Crippen molar-refractivity contribution in [3.8, 4) is 0 Å². The number of carbonyl (C=O) groups excluding carboxylic acids is 2. The van der Waals surface area contributed by atoms with Crippen LogP contribution < -0.4 is 5.32 Å². The molecule has 0 bridgehead atoms. The first kappa shape index (κ1) is 16.2. The fourth-order valence-electron chi connectivity index (χ4n) is 1.83. The van der Waals surface area contributed by atoms with Crippen molar-refractivity contribution < 1.29 is 9.59 Å². The van der Waals surface area contributed by atoms with Crippen LogP contribution in [0.2, 0.25) is 0 Å². The lowest BCUT2D eigenvalue weighted by Crippen LogP contribution is -2.13. The van der Waals surface area contributed by atoms with Gasteiger partial charge in [0.25, 0.3) is 0 Å². The highest BCUT2D eigenvalue weighted by molar-refractivity contribution is 14.1. The van der Waals surface area contributed by atoms with Gasteiger partial charge in [0.2, 0.25) is 5.91 Å². The number of Topliss-reactive ketones (excluding diaryl/α,β-unsaturated/α-hetero) is 1. The maximum absolute atomic E-state index is 11.9. The molecule has 1 aromatic heterocycles. The van der Waals surface area contributed by atoms with E-state index in [0.29, 0.717) is 0 Å². The molecule has 21 heavy (non-hydrogen) atoms. The Morgan fingerprint density at radius 1 is 1.14 bits per heavy atom. The maximum atomic E-state index is 11.9. The molecule has 1 N–H and O–H groups in total. The highest BCUT2D eigenvalue weighted by Gasteiger charge is 2.11. The van der Waals surface area contributed by atoms with Gasteiger partial charge >= 0.3 is 0 Å². The van der Waals surface area contributed by atoms with Crippen molar-refractivity contribution in [3.63, 3.8) is 0 Å². The van der Waals surface area contributed by atoms with Crippen molar-refractivity contribution in [2.24, 2.45) is 0 Å². The van der Waals surface area contributed by atoms with E-state index in [-0.39, 0.29) is 24.5 Å². The van der Waals surface area contributed by atoms with Gasteiger partial charge in [-0.25, -0.2) is 0 Å². The van der Waals surface area contributed by atoms with Crippen LogP contribution in [0.3, 0.4) is 0 Å². The summed E-state index contributed by atoms with van der Waals surface area (Å²) in [5, 5.41) is 2.83. The molecule has 0 saturated heterocycles. The number of aryl methyl sites for hydroxylation is 2. The van der Waals surface area contributed by atoms with E-state index in [1.54, 1.807) is 0 Å². The molecule has 1 heterocycles. The summed E-state index contributed by atoms with van der Waals surface area (Å²) >= 11 is 3.71. The number of halogens is 1. The molecule has 0 fully saturated rings. The van der Waals surface area contributed by atoms with Gasteiger partial charge in [-0.3, -0.25) is 9.59 Å². The van der Waals surface area contributed by atoms with E-state index in [0.717, 1.165) is 19.0 Å². The average molecular weight is 413 g/mol. The van der Waals surface area contributed by atoms with Crippen LogP contribution in [-0.4, -0.2) is 11.7 Å². The highest BCUT2D eigenvalue weighted by Crippen LogP contribution is 2.19. The third kappa shape index (κ3) is 4.64. The van der Waals surface area contributed by atoms with Crippen LogP contribution in [-0.2, 0) is 4.79 Å². The lowest BCUT2D eigenvalue weighted by molar-refractivity contribution is -0.116. The molecule has 0 radical (unpaired) electrons. The molecule has 2 rings (SSSR count). The molecule has 0 aliphatic heterocycles. The molecule has 0 spiro atoms. The van der Waals surface area contributed by atoms with Crippen LogP contribution in [0.1, 0.15) is 33.0 Å². The average Bonchev–Trinajstić information content (AvgIpc) is 2.87. The smallest absolute Gasteiger partial charge is 0.224 e. The Bertz CT molecular complexity index is 679. The van der Waals surface area contributed by atoms with Gasteiger partial charge in [-0.15, -0.1) is 11.3 Å². The molecule has 1 aromatic carbocycles. The maximum Gasteiger partial charge on any atom is 0.224 e. The summed E-state index contributed by atoms with van der Waals surface area (Å²) in [6.45, 7) is 3.99. The number of thiophene rings is 1. The summed E-state index contributed by atoms with van der Waals surface area (Å²) in [5.74, 6) is -0.0991. The second-order valence-corrected chi connectivity index (χ2v) is 7.30. The van der Waals surface area contributed by atoms with Crippen LogP contribution >= 0.6 is 33.9 Å². The zero-order valence-corrected chi connectivity index (χ0v) is 14.9. The predicted octanol–water partition coefficient (Wildman–Crippen LogP) is 4.57. The number of hydrogen-bond donors (Lipinski definition) is 1. The molecular weight excluding hydrogens is 397 g/mol. The van der Waals surface area contributed by atoms with Crippen LogP contribution in [0.25, 0.3) is 0 Å². The first-order chi connectivity index (χ1) is 9.95. The monoisotopic (exact) mass is 413 g/mol. The minimum atomic E-state index is -0.128. The number of amides is 1. The van der Waals surface area contributed by atoms with E-state index in [1.807, 2.05) is 44.2 Å². The number of ketones is 1. The van der Waals surface area contributed by atoms with Crippen LogP contribution in [0, 0.1) is 17.4 Å². The quantitative estimate of drug-likeness (QED) is 0.577. The van der Waals surface area contributed by atoms with Gasteiger partial charge < -0.3 is 5.32 Å². The fourth-order valence-corrected chi connectivity index (χ4v) is 3.18. The van der Waals surface area contributed by atoms with Crippen LogP contribution in [0.5, 0.6) is 0 Å². The number of nitrogens with one attached hydrogen (secondary N) is 1. The number of rotatable bonds is 5. The molecule has 3 nitrogen and oxygen atoms in total. The summed E-state index contributed by atoms with van der Waals surface area (Å²) in [6, 6.07) is 9.52. The molecular formula is C16H16INO2S. The second-order valence-electron chi connectivity index (χ2n) is 4.85. The molecule has 0 aliphatic rings. The minimum Gasteiger partial charge on any atom is -0.326 e. The van der Waals surface area contributed by atoms with Gasteiger partial charge in [0, 0.05) is 27.0 Å². The standard InChI is InChI=1S/C16H16INO2S/c1-10-3-5-12(9-13(10)17)18-16(20)8-6-14(19)15-7-4-11(2)21-15/h3-5,7,9H,6,8H2,1-2H3,(H,18,20). The molecule has 110 valence electrons. The number of anilines is 1. The summed E-state index contributed by atoms with van der Waals surface area (Å²) < 4.78 is 1.11. The van der Waals surface area contributed by atoms with Crippen molar-refractivity contribution in [2.45, 2.75) is 26.7 Å². The Morgan fingerprint density at radius 2 is 1.90 bits per heavy atom. The molecule has 1 amide bonds. The molecule has 2 aromatic rings. The third-order valence-corrected chi connectivity index (χ3v) is 5.25. The van der Waals surface area contributed by atoms with Gasteiger partial charge in [-0.05, 0) is 66.3 Å². The zero-order valence-electron chi connectivity index (χ0n) is 11.9. The lowest BCUT2D eigenvalue weighted by atomic mass is 10.2.